The van der Waals surface area contributed by atoms with Crippen molar-refractivity contribution in [2.75, 3.05) is 13.1 Å². The Balaban J connectivity index is 1.81. The third-order valence-electron chi connectivity index (χ3n) is 3.81. The van der Waals surface area contributed by atoms with Crippen LogP contribution in [0.25, 0.3) is 0 Å². The lowest BCUT2D eigenvalue weighted by Gasteiger charge is -2.13. The number of nitrogens with one attached hydrogen (secondary N) is 2. The van der Waals surface area contributed by atoms with Crippen LogP contribution in [0.15, 0.2) is 30.3 Å². The molecule has 6 nitrogen and oxygen atoms in total. The number of amides is 4. The Morgan fingerprint density at radius 1 is 1.26 bits per heavy atom. The molecule has 6 heteroatoms. The van der Waals surface area contributed by atoms with Crippen LogP contribution < -0.4 is 10.6 Å². The fraction of sp³-hybridized carbons (Fsp3) is 0.471. The first-order chi connectivity index (χ1) is 11.1. The standard InChI is InChI=1S/C17H23N3O3/c1-2-11-18-15(21)9-8-14-16(22)20(17(23)19-14)12-10-13-6-4-3-5-7-13/h3-7,14H,2,8-12H2,1H3,(H,18,21)(H,19,23). The van der Waals surface area contributed by atoms with Crippen LogP contribution in [0.5, 0.6) is 0 Å². The minimum absolute atomic E-state index is 0.0864. The Morgan fingerprint density at radius 2 is 2.00 bits per heavy atom. The number of hydrogen-bond acceptors (Lipinski definition) is 3. The number of hydrogen-bond donors (Lipinski definition) is 2. The molecule has 1 aliphatic heterocycles. The number of carbonyl (C=O) groups is 3. The first-order valence-corrected chi connectivity index (χ1v) is 8.04. The van der Waals surface area contributed by atoms with Crippen LogP contribution in [0.1, 0.15) is 31.7 Å². The zero-order valence-corrected chi connectivity index (χ0v) is 13.4. The summed E-state index contributed by atoms with van der Waals surface area (Å²) in [6.45, 7) is 2.96. The van der Waals surface area contributed by atoms with E-state index >= 15 is 0 Å². The van der Waals surface area contributed by atoms with Crippen molar-refractivity contribution in [3.63, 3.8) is 0 Å². The summed E-state index contributed by atoms with van der Waals surface area (Å²) in [5.74, 6) is -0.328. The Hall–Kier alpha value is -2.37. The van der Waals surface area contributed by atoms with E-state index in [4.69, 9.17) is 0 Å². The predicted octanol–water partition coefficient (Wildman–Crippen LogP) is 1.46. The van der Waals surface area contributed by atoms with Gasteiger partial charge >= 0.3 is 6.03 Å². The first-order valence-electron chi connectivity index (χ1n) is 8.04. The largest absolute Gasteiger partial charge is 0.356 e. The fourth-order valence-corrected chi connectivity index (χ4v) is 2.50. The van der Waals surface area contributed by atoms with Gasteiger partial charge in [-0.2, -0.15) is 0 Å². The van der Waals surface area contributed by atoms with Gasteiger partial charge in [-0.3, -0.25) is 14.5 Å². The zero-order chi connectivity index (χ0) is 16.7. The topological polar surface area (TPSA) is 78.5 Å². The maximum absolute atomic E-state index is 12.3. The molecule has 124 valence electrons. The number of carbonyl (C=O) groups excluding carboxylic acids is 3. The summed E-state index contributed by atoms with van der Waals surface area (Å²) in [5, 5.41) is 5.42. The molecule has 0 radical (unpaired) electrons. The van der Waals surface area contributed by atoms with Gasteiger partial charge in [0.2, 0.25) is 5.91 Å². The lowest BCUT2D eigenvalue weighted by Crippen LogP contribution is -2.34. The van der Waals surface area contributed by atoms with E-state index < -0.39 is 6.04 Å². The second-order valence-electron chi connectivity index (χ2n) is 5.62. The molecule has 1 atom stereocenters. The van der Waals surface area contributed by atoms with Crippen molar-refractivity contribution in [2.45, 2.75) is 38.6 Å². The van der Waals surface area contributed by atoms with E-state index in [1.807, 2.05) is 37.3 Å². The average Bonchev–Trinajstić information content (AvgIpc) is 2.84. The molecule has 2 rings (SSSR count). The zero-order valence-electron chi connectivity index (χ0n) is 13.4. The summed E-state index contributed by atoms with van der Waals surface area (Å²) in [6, 6.07) is 8.76. The number of urea groups is 1. The molecule has 1 unspecified atom stereocenters. The van der Waals surface area contributed by atoms with E-state index in [1.54, 1.807) is 0 Å². The molecular formula is C17H23N3O3. The number of benzene rings is 1. The minimum Gasteiger partial charge on any atom is -0.356 e. The number of imide groups is 1. The Kier molecular flexibility index (Phi) is 6.14. The SMILES string of the molecule is CCCNC(=O)CCC1NC(=O)N(CCc2ccccc2)C1=O. The molecule has 23 heavy (non-hydrogen) atoms. The molecule has 1 fully saturated rings. The molecule has 0 aromatic heterocycles. The monoisotopic (exact) mass is 317 g/mol. The molecule has 2 N–H and O–H groups in total. The van der Waals surface area contributed by atoms with Crippen LogP contribution in [0.3, 0.4) is 0 Å². The van der Waals surface area contributed by atoms with Gasteiger partial charge in [0.1, 0.15) is 6.04 Å². The Morgan fingerprint density at radius 3 is 2.70 bits per heavy atom. The minimum atomic E-state index is -0.592. The van der Waals surface area contributed by atoms with Crippen molar-refractivity contribution in [1.29, 1.82) is 0 Å². The van der Waals surface area contributed by atoms with E-state index in [9.17, 15) is 14.4 Å². The lowest BCUT2D eigenvalue weighted by atomic mass is 10.1. The second kappa shape index (κ2) is 8.31. The summed E-state index contributed by atoms with van der Waals surface area (Å²) < 4.78 is 0. The third-order valence-corrected chi connectivity index (χ3v) is 3.81. The molecule has 4 amide bonds. The third kappa shape index (κ3) is 4.81. The summed E-state index contributed by atoms with van der Waals surface area (Å²) in [5.41, 5.74) is 1.08. The molecule has 1 aromatic rings. The highest BCUT2D eigenvalue weighted by atomic mass is 16.2. The number of rotatable bonds is 8. The lowest BCUT2D eigenvalue weighted by molar-refractivity contribution is -0.127. The average molecular weight is 317 g/mol. The van der Waals surface area contributed by atoms with Gasteiger partial charge in [-0.15, -0.1) is 0 Å². The molecule has 0 bridgehead atoms. The Labute approximate surface area is 136 Å². The molecule has 0 saturated carbocycles. The number of nitrogens with zero attached hydrogens (tertiary/aromatic N) is 1. The summed E-state index contributed by atoms with van der Waals surface area (Å²) in [7, 11) is 0. The summed E-state index contributed by atoms with van der Waals surface area (Å²) in [6.07, 6.45) is 2.08. The molecule has 1 aromatic carbocycles. The van der Waals surface area contributed by atoms with Gasteiger partial charge < -0.3 is 10.6 Å². The van der Waals surface area contributed by atoms with Gasteiger partial charge in [0, 0.05) is 19.5 Å². The van der Waals surface area contributed by atoms with Crippen LogP contribution in [0.2, 0.25) is 0 Å². The maximum Gasteiger partial charge on any atom is 0.324 e. The van der Waals surface area contributed by atoms with Crippen molar-refractivity contribution in [1.82, 2.24) is 15.5 Å². The molecule has 1 saturated heterocycles. The maximum atomic E-state index is 12.3. The van der Waals surface area contributed by atoms with Gasteiger partial charge in [0.15, 0.2) is 0 Å². The van der Waals surface area contributed by atoms with E-state index in [1.165, 1.54) is 4.90 Å². The van der Waals surface area contributed by atoms with Gasteiger partial charge in [-0.1, -0.05) is 37.3 Å². The predicted molar refractivity (Wildman–Crippen MR) is 86.7 cm³/mol. The van der Waals surface area contributed by atoms with Crippen LogP contribution >= 0.6 is 0 Å². The highest BCUT2D eigenvalue weighted by Crippen LogP contribution is 2.12. The molecule has 0 aliphatic carbocycles. The highest BCUT2D eigenvalue weighted by molar-refractivity contribution is 6.04. The highest BCUT2D eigenvalue weighted by Gasteiger charge is 2.37. The van der Waals surface area contributed by atoms with Crippen LogP contribution in [-0.4, -0.2) is 41.9 Å². The fourth-order valence-electron chi connectivity index (χ4n) is 2.50. The molecule has 1 heterocycles. The van der Waals surface area contributed by atoms with Gasteiger partial charge in [-0.25, -0.2) is 4.79 Å². The van der Waals surface area contributed by atoms with E-state index in [-0.39, 0.29) is 24.3 Å². The summed E-state index contributed by atoms with van der Waals surface area (Å²) in [4.78, 5) is 37.0. The molecule has 0 spiro atoms. The van der Waals surface area contributed by atoms with E-state index in [2.05, 4.69) is 10.6 Å². The second-order valence-corrected chi connectivity index (χ2v) is 5.62. The Bertz CT molecular complexity index is 559. The molecular weight excluding hydrogens is 294 g/mol. The smallest absolute Gasteiger partial charge is 0.324 e. The van der Waals surface area contributed by atoms with E-state index in [0.717, 1.165) is 12.0 Å². The van der Waals surface area contributed by atoms with Crippen LogP contribution in [0.4, 0.5) is 4.79 Å². The summed E-state index contributed by atoms with van der Waals surface area (Å²) >= 11 is 0. The van der Waals surface area contributed by atoms with Crippen molar-refractivity contribution >= 4 is 17.8 Å². The van der Waals surface area contributed by atoms with Crippen LogP contribution in [-0.2, 0) is 16.0 Å². The van der Waals surface area contributed by atoms with Crippen molar-refractivity contribution in [2.24, 2.45) is 0 Å². The van der Waals surface area contributed by atoms with Gasteiger partial charge in [-0.05, 0) is 24.8 Å². The normalized spacial score (nSPS) is 17.3. The van der Waals surface area contributed by atoms with Gasteiger partial charge in [0.25, 0.3) is 5.91 Å². The molecule has 1 aliphatic rings. The van der Waals surface area contributed by atoms with Gasteiger partial charge in [0.05, 0.1) is 0 Å². The van der Waals surface area contributed by atoms with Crippen LogP contribution in [0, 0.1) is 0 Å². The van der Waals surface area contributed by atoms with E-state index in [0.29, 0.717) is 25.9 Å². The quantitative estimate of drug-likeness (QED) is 0.712. The first kappa shape index (κ1) is 17.0. The van der Waals surface area contributed by atoms with Crippen molar-refractivity contribution in [3.05, 3.63) is 35.9 Å². The van der Waals surface area contributed by atoms with Crippen molar-refractivity contribution < 1.29 is 14.4 Å². The van der Waals surface area contributed by atoms with Crippen molar-refractivity contribution in [3.8, 4) is 0 Å².